The predicted octanol–water partition coefficient (Wildman–Crippen LogP) is -1.10. The molecular weight excluding hydrogens is 260 g/mol. The fourth-order valence-electron chi connectivity index (χ4n) is 0.126. The molecule has 0 atom stereocenters. The van der Waals surface area contributed by atoms with Crippen LogP contribution in [0.2, 0.25) is 0 Å². The van der Waals surface area contributed by atoms with E-state index in [0.717, 1.165) is 0 Å². The molecule has 0 aliphatic carbocycles. The topological polar surface area (TPSA) is 122 Å². The summed E-state index contributed by atoms with van der Waals surface area (Å²) in [7, 11) is 0. The summed E-state index contributed by atoms with van der Waals surface area (Å²) in [6, 6.07) is 0. The van der Waals surface area contributed by atoms with Gasteiger partial charge in [0.05, 0.1) is 4.94 Å². The summed E-state index contributed by atoms with van der Waals surface area (Å²) in [6.45, 7) is 0. The van der Waals surface area contributed by atoms with E-state index >= 15 is 0 Å². The van der Waals surface area contributed by atoms with Gasteiger partial charge in [-0.1, -0.05) is 0 Å². The molecular formula is HN3O7Pd+2. The Labute approximate surface area is 71.4 Å². The third-order valence-corrected chi connectivity index (χ3v) is 0.270. The van der Waals surface area contributed by atoms with Crippen molar-refractivity contribution in [3.05, 3.63) is 19.9 Å². The summed E-state index contributed by atoms with van der Waals surface area (Å²) < 4.78 is 0. The monoisotopic (exact) mass is 261 g/mol. The molecule has 0 aromatic rings. The number of hydrogen-bond donors (Lipinski definition) is 1. The molecule has 0 aromatic carbocycles. The van der Waals surface area contributed by atoms with E-state index in [0.29, 0.717) is 0 Å². The zero-order chi connectivity index (χ0) is 8.15. The van der Waals surface area contributed by atoms with E-state index < -0.39 is 15.3 Å². The quantitative estimate of drug-likeness (QED) is 0.387. The minimum atomic E-state index is -1.53. The minimum Gasteiger partial charge on any atom is -0.196 e. The number of rotatable bonds is 4. The van der Waals surface area contributed by atoms with Crippen molar-refractivity contribution in [2.75, 3.05) is 0 Å². The van der Waals surface area contributed by atoms with Crippen molar-refractivity contribution in [1.82, 2.24) is 0 Å². The van der Waals surface area contributed by atoms with Gasteiger partial charge in [-0.05, 0) is 0 Å². The first-order chi connectivity index (χ1) is 4.52. The molecule has 10 nitrogen and oxygen atoms in total. The van der Waals surface area contributed by atoms with Gasteiger partial charge in [0.1, 0.15) is 9.81 Å². The largest absolute Gasteiger partial charge is 0.548 e. The van der Waals surface area contributed by atoms with Gasteiger partial charge in [-0.3, -0.25) is 0 Å². The molecule has 0 unspecified atom stereocenters. The van der Waals surface area contributed by atoms with Gasteiger partial charge in [0.2, 0.25) is 4.94 Å². The average molecular weight is 261 g/mol. The van der Waals surface area contributed by atoms with Crippen molar-refractivity contribution >= 4 is 0 Å². The van der Waals surface area contributed by atoms with E-state index in [2.05, 4.69) is 9.88 Å². The molecule has 0 aliphatic heterocycles. The molecule has 0 fully saturated rings. The van der Waals surface area contributed by atoms with Crippen LogP contribution in [0.15, 0.2) is 0 Å². The van der Waals surface area contributed by atoms with E-state index in [1.54, 1.807) is 0 Å². The molecule has 66 valence electrons. The second kappa shape index (κ2) is 5.45. The molecule has 11 heteroatoms. The van der Waals surface area contributed by atoms with Crippen LogP contribution in [-0.2, 0) is 30.3 Å². The van der Waals surface area contributed by atoms with Gasteiger partial charge in [-0.2, -0.15) is 5.21 Å². The number of nitrogens with zero attached hydrogens (tertiary/aromatic N) is 3. The van der Waals surface area contributed by atoms with E-state index in [1.165, 1.54) is 0 Å². The summed E-state index contributed by atoms with van der Waals surface area (Å²) in [4.78, 5) is 34.2. The Morgan fingerprint density at radius 1 is 1.18 bits per heavy atom. The van der Waals surface area contributed by atoms with E-state index in [4.69, 9.17) is 5.21 Å². The van der Waals surface area contributed by atoms with Crippen LogP contribution in [0.3, 0.4) is 0 Å². The van der Waals surface area contributed by atoms with Crippen LogP contribution in [0.5, 0.6) is 0 Å². The zero-order valence-electron chi connectivity index (χ0n) is 4.55. The van der Waals surface area contributed by atoms with Crippen molar-refractivity contribution in [3.63, 3.8) is 0 Å². The van der Waals surface area contributed by atoms with Crippen LogP contribution >= 0.6 is 0 Å². The van der Waals surface area contributed by atoms with Crippen LogP contribution in [0.25, 0.3) is 0 Å². The first-order valence-electron chi connectivity index (χ1n) is 1.66. The summed E-state index contributed by atoms with van der Waals surface area (Å²) in [5, 5.41) is 12.8. The Morgan fingerprint density at radius 3 is 1.91 bits per heavy atom. The molecule has 0 spiro atoms. The van der Waals surface area contributed by atoms with E-state index in [1.807, 2.05) is 0 Å². The molecule has 1 N–H and O–H groups in total. The maximum atomic E-state index is 9.69. The Balaban J connectivity index is 0. The van der Waals surface area contributed by atoms with Crippen LogP contribution in [0.4, 0.5) is 0 Å². The second-order valence-corrected chi connectivity index (χ2v) is 0.848. The first kappa shape index (κ1) is 12.3. The summed E-state index contributed by atoms with van der Waals surface area (Å²) >= 11 is 0. The Kier molecular flexibility index (Phi) is 6.12. The molecule has 0 amide bonds. The van der Waals surface area contributed by atoms with Gasteiger partial charge < -0.3 is 0 Å². The van der Waals surface area contributed by atoms with Crippen LogP contribution in [0, 0.1) is 19.9 Å². The molecule has 0 aliphatic rings. The van der Waals surface area contributed by atoms with Crippen molar-refractivity contribution in [2.45, 2.75) is 0 Å². The molecule has 0 bridgehead atoms. The van der Waals surface area contributed by atoms with Crippen molar-refractivity contribution < 1.29 is 50.8 Å². The minimum absolute atomic E-state index is 0. The smallest absolute Gasteiger partial charge is 0.196 e. The van der Waals surface area contributed by atoms with Crippen LogP contribution in [-0.4, -0.2) is 20.5 Å². The molecule has 0 radical (unpaired) electrons. The first-order valence-corrected chi connectivity index (χ1v) is 1.66. The molecule has 0 saturated carbocycles. The average Bonchev–Trinajstić information content (AvgIpc) is 1.58. The van der Waals surface area contributed by atoms with Crippen molar-refractivity contribution in [3.8, 4) is 0 Å². The van der Waals surface area contributed by atoms with Crippen LogP contribution < -0.4 is 0 Å². The second-order valence-electron chi connectivity index (χ2n) is 0.848. The SMILES string of the molecule is O=[N+]([O-])O[N+](=O)O[N+](=O)O.[Pd]. The van der Waals surface area contributed by atoms with Crippen molar-refractivity contribution in [1.29, 1.82) is 0 Å². The fraction of sp³-hybridized carbons (Fsp3) is 0. The summed E-state index contributed by atoms with van der Waals surface area (Å²) in [5.41, 5.74) is 0. The van der Waals surface area contributed by atoms with Crippen LogP contribution in [0.1, 0.15) is 0 Å². The normalized spacial score (nSPS) is 7.27. The van der Waals surface area contributed by atoms with E-state index in [9.17, 15) is 19.9 Å². The molecule has 11 heavy (non-hydrogen) atoms. The number of hydrogen-bond acceptors (Lipinski definition) is 6. The van der Waals surface area contributed by atoms with Crippen molar-refractivity contribution in [2.24, 2.45) is 0 Å². The summed E-state index contributed by atoms with van der Waals surface area (Å²) in [5.74, 6) is 0. The van der Waals surface area contributed by atoms with Gasteiger partial charge >= 0.3 is 15.3 Å². The third kappa shape index (κ3) is 8.66. The fourth-order valence-corrected chi connectivity index (χ4v) is 0.126. The maximum Gasteiger partial charge on any atom is 0.548 e. The third-order valence-electron chi connectivity index (χ3n) is 0.270. The van der Waals surface area contributed by atoms with Gasteiger partial charge in [0.15, 0.2) is 0 Å². The van der Waals surface area contributed by atoms with Gasteiger partial charge in [-0.25, -0.2) is 0 Å². The van der Waals surface area contributed by atoms with Gasteiger partial charge in [0, 0.05) is 20.4 Å². The Bertz CT molecular complexity index is 157. The Hall–Kier alpha value is -1.34. The molecule has 0 aromatic heterocycles. The molecule has 0 rings (SSSR count). The maximum absolute atomic E-state index is 9.69. The molecule has 0 saturated heterocycles. The zero-order valence-corrected chi connectivity index (χ0v) is 6.11. The standard InChI is InChI=1S/HN3O7.Pd/c4-1(5)9-3(8)10-2(6)7;/h(H,4,5);/q+2;. The van der Waals surface area contributed by atoms with Gasteiger partial charge in [-0.15, -0.1) is 10.1 Å². The molecule has 0 heterocycles. The van der Waals surface area contributed by atoms with Gasteiger partial charge in [0.25, 0.3) is 0 Å². The predicted molar refractivity (Wildman–Crippen MR) is 18.2 cm³/mol. The van der Waals surface area contributed by atoms with E-state index in [-0.39, 0.29) is 20.4 Å². The summed E-state index contributed by atoms with van der Waals surface area (Å²) in [6.07, 6.45) is 0. The Morgan fingerprint density at radius 2 is 1.64 bits per heavy atom.